The van der Waals surface area contributed by atoms with Crippen molar-refractivity contribution in [1.82, 2.24) is 4.72 Å². The lowest BCUT2D eigenvalue weighted by Crippen LogP contribution is -2.26. The Morgan fingerprint density at radius 2 is 2.16 bits per heavy atom. The van der Waals surface area contributed by atoms with Crippen LogP contribution in [0.2, 0.25) is 5.02 Å². The van der Waals surface area contributed by atoms with Gasteiger partial charge in [0, 0.05) is 12.2 Å². The summed E-state index contributed by atoms with van der Waals surface area (Å²) < 4.78 is 39.6. The number of nitrogens with one attached hydrogen (secondary N) is 1. The molecule has 8 heteroatoms. The van der Waals surface area contributed by atoms with Crippen LogP contribution in [0.5, 0.6) is 0 Å². The van der Waals surface area contributed by atoms with Crippen LogP contribution in [-0.2, 0) is 10.0 Å². The van der Waals surface area contributed by atoms with Crippen LogP contribution >= 0.6 is 11.6 Å². The molecule has 0 fully saturated rings. The summed E-state index contributed by atoms with van der Waals surface area (Å²) in [5.74, 6) is -1.03. The fraction of sp³-hybridized carbons (Fsp3) is 0.455. The molecule has 0 aliphatic carbocycles. The van der Waals surface area contributed by atoms with E-state index in [1.165, 1.54) is 0 Å². The standard InChI is InChI=1S/C11H16ClFN2O3S/c1-7(16)3-2-4-15-19(17,18)10-6-8(14)5-9(12)11(10)13/h5-7,15-16H,2-4,14H2,1H3. The summed E-state index contributed by atoms with van der Waals surface area (Å²) in [7, 11) is -4.00. The van der Waals surface area contributed by atoms with Gasteiger partial charge in [0.2, 0.25) is 10.0 Å². The van der Waals surface area contributed by atoms with Gasteiger partial charge >= 0.3 is 0 Å². The van der Waals surface area contributed by atoms with Crippen molar-refractivity contribution in [2.45, 2.75) is 30.8 Å². The third kappa shape index (κ3) is 4.61. The number of anilines is 1. The Kier molecular flexibility index (Phi) is 5.54. The first kappa shape index (κ1) is 16.2. The molecule has 0 spiro atoms. The monoisotopic (exact) mass is 310 g/mol. The van der Waals surface area contributed by atoms with E-state index in [4.69, 9.17) is 22.4 Å². The van der Waals surface area contributed by atoms with E-state index in [0.29, 0.717) is 12.8 Å². The van der Waals surface area contributed by atoms with Crippen molar-refractivity contribution in [2.24, 2.45) is 0 Å². The lowest BCUT2D eigenvalue weighted by atomic mass is 10.2. The molecule has 4 N–H and O–H groups in total. The molecule has 1 atom stereocenters. The Bertz CT molecular complexity index is 549. The molecule has 0 amide bonds. The van der Waals surface area contributed by atoms with E-state index >= 15 is 0 Å². The van der Waals surface area contributed by atoms with Crippen molar-refractivity contribution < 1.29 is 17.9 Å². The maximum atomic E-state index is 13.7. The fourth-order valence-electron chi connectivity index (χ4n) is 1.46. The van der Waals surface area contributed by atoms with Gasteiger partial charge in [-0.3, -0.25) is 0 Å². The van der Waals surface area contributed by atoms with Gasteiger partial charge in [0.1, 0.15) is 4.90 Å². The van der Waals surface area contributed by atoms with E-state index in [9.17, 15) is 12.8 Å². The minimum absolute atomic E-state index is 0.0655. The van der Waals surface area contributed by atoms with E-state index < -0.39 is 26.8 Å². The number of aliphatic hydroxyl groups excluding tert-OH is 1. The van der Waals surface area contributed by atoms with E-state index in [2.05, 4.69) is 4.72 Å². The molecule has 0 aliphatic rings. The highest BCUT2D eigenvalue weighted by Gasteiger charge is 2.21. The molecule has 5 nitrogen and oxygen atoms in total. The number of aliphatic hydroxyl groups is 1. The first-order valence-electron chi connectivity index (χ1n) is 5.66. The fourth-order valence-corrected chi connectivity index (χ4v) is 2.95. The molecule has 0 bridgehead atoms. The van der Waals surface area contributed by atoms with Crippen molar-refractivity contribution in [2.75, 3.05) is 12.3 Å². The van der Waals surface area contributed by atoms with Crippen LogP contribution in [0.25, 0.3) is 0 Å². The summed E-state index contributed by atoms with van der Waals surface area (Å²) in [6.45, 7) is 1.70. The number of nitrogens with two attached hydrogens (primary N) is 1. The van der Waals surface area contributed by atoms with Gasteiger partial charge in [-0.05, 0) is 31.9 Å². The van der Waals surface area contributed by atoms with Gasteiger partial charge in [0.15, 0.2) is 5.82 Å². The largest absolute Gasteiger partial charge is 0.399 e. The van der Waals surface area contributed by atoms with E-state index in [1.54, 1.807) is 6.92 Å². The van der Waals surface area contributed by atoms with Gasteiger partial charge in [-0.1, -0.05) is 11.6 Å². The lowest BCUT2D eigenvalue weighted by Gasteiger charge is -2.10. The summed E-state index contributed by atoms with van der Waals surface area (Å²) >= 11 is 5.55. The molecule has 19 heavy (non-hydrogen) atoms. The van der Waals surface area contributed by atoms with Crippen molar-refractivity contribution in [3.05, 3.63) is 23.0 Å². The number of hydrogen-bond acceptors (Lipinski definition) is 4. The summed E-state index contributed by atoms with van der Waals surface area (Å²) in [5.41, 5.74) is 5.51. The van der Waals surface area contributed by atoms with Crippen molar-refractivity contribution in [3.63, 3.8) is 0 Å². The van der Waals surface area contributed by atoms with Gasteiger partial charge in [-0.25, -0.2) is 17.5 Å². The molecular formula is C11H16ClFN2O3S. The molecule has 0 radical (unpaired) electrons. The van der Waals surface area contributed by atoms with E-state index in [1.807, 2.05) is 0 Å². The highest BCUT2D eigenvalue weighted by molar-refractivity contribution is 7.89. The topological polar surface area (TPSA) is 92.4 Å². The van der Waals surface area contributed by atoms with Crippen LogP contribution in [0.4, 0.5) is 10.1 Å². The Morgan fingerprint density at radius 3 is 2.74 bits per heavy atom. The molecule has 0 saturated heterocycles. The SMILES string of the molecule is CC(O)CCCNS(=O)(=O)c1cc(N)cc(Cl)c1F. The van der Waals surface area contributed by atoms with Crippen molar-refractivity contribution >= 4 is 27.3 Å². The van der Waals surface area contributed by atoms with E-state index in [0.717, 1.165) is 12.1 Å². The van der Waals surface area contributed by atoms with Crippen molar-refractivity contribution in [1.29, 1.82) is 0 Å². The van der Waals surface area contributed by atoms with Crippen LogP contribution in [-0.4, -0.2) is 26.2 Å². The molecule has 0 heterocycles. The zero-order chi connectivity index (χ0) is 14.6. The third-order valence-corrected chi connectivity index (χ3v) is 4.13. The molecule has 1 aromatic carbocycles. The van der Waals surface area contributed by atoms with Crippen molar-refractivity contribution in [3.8, 4) is 0 Å². The summed E-state index contributed by atoms with van der Waals surface area (Å²) in [5, 5.41) is 8.70. The Morgan fingerprint density at radius 1 is 1.53 bits per heavy atom. The van der Waals surface area contributed by atoms with Gasteiger partial charge in [-0.15, -0.1) is 0 Å². The maximum Gasteiger partial charge on any atom is 0.243 e. The number of sulfonamides is 1. The third-order valence-electron chi connectivity index (χ3n) is 2.40. The predicted octanol–water partition coefficient (Wildman–Crippen LogP) is 1.50. The molecule has 0 saturated carbocycles. The Labute approximate surface area is 116 Å². The zero-order valence-electron chi connectivity index (χ0n) is 10.4. The number of nitrogen functional groups attached to an aromatic ring is 1. The first-order chi connectivity index (χ1) is 8.74. The quantitative estimate of drug-likeness (QED) is 0.548. The Hall–Kier alpha value is -0.890. The average molecular weight is 311 g/mol. The van der Waals surface area contributed by atoms with E-state index in [-0.39, 0.29) is 17.3 Å². The predicted molar refractivity (Wildman–Crippen MR) is 71.9 cm³/mol. The second-order valence-corrected chi connectivity index (χ2v) is 6.35. The molecular weight excluding hydrogens is 295 g/mol. The number of hydrogen-bond donors (Lipinski definition) is 3. The van der Waals surface area contributed by atoms with Crippen LogP contribution in [0.1, 0.15) is 19.8 Å². The highest BCUT2D eigenvalue weighted by atomic mass is 35.5. The molecule has 1 rings (SSSR count). The van der Waals surface area contributed by atoms with Crippen LogP contribution in [0.15, 0.2) is 17.0 Å². The summed E-state index contributed by atoms with van der Waals surface area (Å²) in [6, 6.07) is 2.15. The maximum absolute atomic E-state index is 13.7. The lowest BCUT2D eigenvalue weighted by molar-refractivity contribution is 0.182. The molecule has 1 unspecified atom stereocenters. The Balaban J connectivity index is 2.83. The number of rotatable bonds is 6. The molecule has 0 aliphatic heterocycles. The minimum atomic E-state index is -4.00. The summed E-state index contributed by atoms with van der Waals surface area (Å²) in [4.78, 5) is -0.574. The van der Waals surface area contributed by atoms with Gasteiger partial charge in [-0.2, -0.15) is 0 Å². The number of halogens is 2. The smallest absolute Gasteiger partial charge is 0.243 e. The molecule has 108 valence electrons. The van der Waals surface area contributed by atoms with Gasteiger partial charge in [0.25, 0.3) is 0 Å². The molecule has 0 aromatic heterocycles. The zero-order valence-corrected chi connectivity index (χ0v) is 11.9. The molecule has 1 aromatic rings. The van der Waals surface area contributed by atoms with Crippen LogP contribution in [0, 0.1) is 5.82 Å². The van der Waals surface area contributed by atoms with Gasteiger partial charge < -0.3 is 10.8 Å². The highest BCUT2D eigenvalue weighted by Crippen LogP contribution is 2.25. The summed E-state index contributed by atoms with van der Waals surface area (Å²) in [6.07, 6.45) is 0.375. The minimum Gasteiger partial charge on any atom is -0.399 e. The average Bonchev–Trinajstić information content (AvgIpc) is 2.29. The number of benzene rings is 1. The van der Waals surface area contributed by atoms with Crippen LogP contribution < -0.4 is 10.5 Å². The van der Waals surface area contributed by atoms with Crippen LogP contribution in [0.3, 0.4) is 0 Å². The normalized spacial score (nSPS) is 13.5. The second kappa shape index (κ2) is 6.51. The second-order valence-electron chi connectivity index (χ2n) is 4.20. The first-order valence-corrected chi connectivity index (χ1v) is 7.52. The van der Waals surface area contributed by atoms with Gasteiger partial charge in [0.05, 0.1) is 11.1 Å².